The summed E-state index contributed by atoms with van der Waals surface area (Å²) in [5, 5.41) is 6.70. The molecule has 0 atom stereocenters. The number of nitrogens with zero attached hydrogens (tertiary/aromatic N) is 3. The van der Waals surface area contributed by atoms with Crippen molar-refractivity contribution in [2.45, 2.75) is 0 Å². The first-order chi connectivity index (χ1) is 25.3. The number of para-hydroxylation sites is 3. The van der Waals surface area contributed by atoms with E-state index in [0.29, 0.717) is 17.5 Å². The van der Waals surface area contributed by atoms with Crippen molar-refractivity contribution in [1.29, 1.82) is 0 Å². The number of fused-ring (bicyclic) bond motifs is 9. The Bertz CT molecular complexity index is 3160. The number of hydrogen-bond acceptors (Lipinski definition) is 6. The van der Waals surface area contributed by atoms with Gasteiger partial charge in [-0.25, -0.2) is 15.0 Å². The minimum atomic E-state index is 0.532. The van der Waals surface area contributed by atoms with E-state index in [1.807, 2.05) is 84.1 Å². The molecule has 4 aromatic heterocycles. The zero-order valence-corrected chi connectivity index (χ0v) is 27.8. The van der Waals surface area contributed by atoms with Gasteiger partial charge in [-0.2, -0.15) is 0 Å². The van der Waals surface area contributed by atoms with Crippen LogP contribution in [0.1, 0.15) is 0 Å². The van der Waals surface area contributed by atoms with E-state index in [0.717, 1.165) is 71.7 Å². The maximum Gasteiger partial charge on any atom is 0.167 e. The van der Waals surface area contributed by atoms with Crippen molar-refractivity contribution in [3.05, 3.63) is 152 Å². The van der Waals surface area contributed by atoms with Gasteiger partial charge in [0, 0.05) is 47.3 Å². The van der Waals surface area contributed by atoms with Crippen molar-refractivity contribution in [1.82, 2.24) is 15.0 Å². The van der Waals surface area contributed by atoms with Crippen LogP contribution in [0.5, 0.6) is 0 Å². The Hall–Kier alpha value is -6.63. The molecule has 11 rings (SSSR count). The second-order valence-corrected chi connectivity index (χ2v) is 13.8. The summed E-state index contributed by atoms with van der Waals surface area (Å²) < 4.78 is 15.7. The highest BCUT2D eigenvalue weighted by atomic mass is 32.1. The summed E-state index contributed by atoms with van der Waals surface area (Å²) in [7, 11) is 0. The van der Waals surface area contributed by atoms with Crippen LogP contribution in [0.4, 0.5) is 0 Å². The normalized spacial score (nSPS) is 11.9. The molecule has 5 nitrogen and oxygen atoms in total. The van der Waals surface area contributed by atoms with Crippen molar-refractivity contribution in [2.24, 2.45) is 0 Å². The summed E-state index contributed by atoms with van der Waals surface area (Å²) in [5.74, 6) is 1.65. The average Bonchev–Trinajstić information content (AvgIpc) is 3.89. The van der Waals surface area contributed by atoms with Gasteiger partial charge >= 0.3 is 0 Å². The summed E-state index contributed by atoms with van der Waals surface area (Å²) in [6.07, 6.45) is 0. The van der Waals surface area contributed by atoms with Crippen LogP contribution < -0.4 is 0 Å². The largest absolute Gasteiger partial charge is 0.455 e. The van der Waals surface area contributed by atoms with E-state index < -0.39 is 0 Å². The van der Waals surface area contributed by atoms with Gasteiger partial charge in [-0.1, -0.05) is 109 Å². The molecule has 0 aliphatic heterocycles. The van der Waals surface area contributed by atoms with Gasteiger partial charge < -0.3 is 8.83 Å². The third kappa shape index (κ3) is 4.37. The molecule has 0 amide bonds. The van der Waals surface area contributed by atoms with Crippen molar-refractivity contribution < 1.29 is 8.83 Å². The Morgan fingerprint density at radius 3 is 1.80 bits per heavy atom. The van der Waals surface area contributed by atoms with E-state index in [4.69, 9.17) is 23.8 Å². The van der Waals surface area contributed by atoms with Crippen LogP contribution in [-0.2, 0) is 0 Å². The Kier molecular flexibility index (Phi) is 6.05. The fourth-order valence-electron chi connectivity index (χ4n) is 7.41. The van der Waals surface area contributed by atoms with E-state index in [1.54, 1.807) is 0 Å². The predicted molar refractivity (Wildman–Crippen MR) is 209 cm³/mol. The first kappa shape index (κ1) is 28.2. The smallest absolute Gasteiger partial charge is 0.167 e. The standard InChI is InChI=1S/C45H25N3O2S/c1-2-11-26(12-3-1)43-46-44(33-18-8-16-31-29-13-4-6-20-36(29)49-41(31)33)48-45(47-43)34-19-9-17-32-40-28(15-10-21-37(40)50-42(32)34)27-23-24-39-35(25-27)30-14-5-7-22-38(30)51-39/h1-25H. The van der Waals surface area contributed by atoms with Crippen molar-refractivity contribution in [2.75, 3.05) is 0 Å². The molecule has 0 spiro atoms. The lowest BCUT2D eigenvalue weighted by molar-refractivity contribution is 0.669. The van der Waals surface area contributed by atoms with Crippen LogP contribution in [0.15, 0.2) is 160 Å². The average molecular weight is 672 g/mol. The molecule has 238 valence electrons. The third-order valence-electron chi connectivity index (χ3n) is 9.76. The van der Waals surface area contributed by atoms with Crippen molar-refractivity contribution in [3.8, 4) is 45.3 Å². The monoisotopic (exact) mass is 671 g/mol. The third-order valence-corrected chi connectivity index (χ3v) is 10.9. The molecule has 0 radical (unpaired) electrons. The molecule has 0 unspecified atom stereocenters. The minimum Gasteiger partial charge on any atom is -0.455 e. The Morgan fingerprint density at radius 2 is 0.961 bits per heavy atom. The topological polar surface area (TPSA) is 65.0 Å². The molecule has 0 N–H and O–H groups in total. The first-order valence-electron chi connectivity index (χ1n) is 16.9. The number of hydrogen-bond donors (Lipinski definition) is 0. The number of rotatable bonds is 4. The quantitative estimate of drug-likeness (QED) is 0.186. The molecular formula is C45H25N3O2S. The van der Waals surface area contributed by atoms with Crippen LogP contribution in [0.3, 0.4) is 0 Å². The van der Waals surface area contributed by atoms with Gasteiger partial charge in [-0.05, 0) is 53.6 Å². The Balaban J connectivity index is 1.14. The van der Waals surface area contributed by atoms with Crippen molar-refractivity contribution >= 4 is 75.4 Å². The van der Waals surface area contributed by atoms with Gasteiger partial charge in [-0.3, -0.25) is 0 Å². The van der Waals surface area contributed by atoms with E-state index in [9.17, 15) is 0 Å². The molecule has 7 aromatic carbocycles. The van der Waals surface area contributed by atoms with Gasteiger partial charge in [0.05, 0.1) is 11.1 Å². The highest BCUT2D eigenvalue weighted by Crippen LogP contribution is 2.43. The number of benzene rings is 7. The highest BCUT2D eigenvalue weighted by Gasteiger charge is 2.21. The van der Waals surface area contributed by atoms with Crippen LogP contribution in [-0.4, -0.2) is 15.0 Å². The second-order valence-electron chi connectivity index (χ2n) is 12.7. The van der Waals surface area contributed by atoms with Crippen LogP contribution in [0.2, 0.25) is 0 Å². The fourth-order valence-corrected chi connectivity index (χ4v) is 8.50. The van der Waals surface area contributed by atoms with E-state index in [1.165, 1.54) is 20.2 Å². The molecule has 6 heteroatoms. The lowest BCUT2D eigenvalue weighted by atomic mass is 9.97. The maximum atomic E-state index is 6.73. The lowest BCUT2D eigenvalue weighted by Crippen LogP contribution is -2.00. The first-order valence-corrected chi connectivity index (χ1v) is 17.7. The molecule has 0 saturated carbocycles. The molecule has 51 heavy (non-hydrogen) atoms. The zero-order chi connectivity index (χ0) is 33.5. The lowest BCUT2D eigenvalue weighted by Gasteiger charge is -2.09. The summed E-state index contributed by atoms with van der Waals surface area (Å²) in [5.41, 5.74) is 7.90. The van der Waals surface area contributed by atoms with Crippen LogP contribution in [0.25, 0.3) is 109 Å². The second kappa shape index (κ2) is 10.9. The molecule has 0 fully saturated rings. The number of furan rings is 2. The van der Waals surface area contributed by atoms with Gasteiger partial charge in [0.15, 0.2) is 17.5 Å². The molecule has 0 saturated heterocycles. The fraction of sp³-hybridized carbons (Fsp3) is 0. The van der Waals surface area contributed by atoms with E-state index in [2.05, 4.69) is 78.9 Å². The summed E-state index contributed by atoms with van der Waals surface area (Å²) >= 11 is 1.83. The highest BCUT2D eigenvalue weighted by molar-refractivity contribution is 7.25. The van der Waals surface area contributed by atoms with E-state index in [-0.39, 0.29) is 0 Å². The minimum absolute atomic E-state index is 0.532. The zero-order valence-electron chi connectivity index (χ0n) is 27.0. The molecule has 0 bridgehead atoms. The SMILES string of the molecule is c1ccc(-c2nc(-c3cccc4c3oc3ccccc34)nc(-c3cccc4c3oc3cccc(-c5ccc6sc7ccccc7c6c5)c34)n2)cc1. The molecule has 0 aliphatic rings. The molecule has 0 aliphatic carbocycles. The Labute approximate surface area is 295 Å². The molecule has 11 aromatic rings. The van der Waals surface area contributed by atoms with Crippen LogP contribution >= 0.6 is 11.3 Å². The van der Waals surface area contributed by atoms with Gasteiger partial charge in [-0.15, -0.1) is 11.3 Å². The Morgan fingerprint density at radius 1 is 0.373 bits per heavy atom. The number of thiophene rings is 1. The van der Waals surface area contributed by atoms with Gasteiger partial charge in [0.2, 0.25) is 0 Å². The maximum absolute atomic E-state index is 6.73. The van der Waals surface area contributed by atoms with Gasteiger partial charge in [0.1, 0.15) is 22.3 Å². The van der Waals surface area contributed by atoms with Crippen molar-refractivity contribution in [3.63, 3.8) is 0 Å². The van der Waals surface area contributed by atoms with Gasteiger partial charge in [0.25, 0.3) is 0 Å². The summed E-state index contributed by atoms with van der Waals surface area (Å²) in [6.45, 7) is 0. The number of aromatic nitrogens is 3. The van der Waals surface area contributed by atoms with E-state index >= 15 is 0 Å². The summed E-state index contributed by atoms with van der Waals surface area (Å²) in [4.78, 5) is 15.2. The predicted octanol–water partition coefficient (Wildman–Crippen LogP) is 12.7. The van der Waals surface area contributed by atoms with Crippen LogP contribution in [0, 0.1) is 0 Å². The summed E-state index contributed by atoms with van der Waals surface area (Å²) in [6, 6.07) is 52.1. The molecular weight excluding hydrogens is 647 g/mol. The molecule has 4 heterocycles.